The third-order valence-electron chi connectivity index (χ3n) is 4.01. The van der Waals surface area contributed by atoms with Crippen LogP contribution in [0.4, 0.5) is 4.39 Å². The van der Waals surface area contributed by atoms with Crippen molar-refractivity contribution in [3.63, 3.8) is 0 Å². The summed E-state index contributed by atoms with van der Waals surface area (Å²) in [6.07, 6.45) is 1.68. The molecule has 1 aromatic heterocycles. The smallest absolute Gasteiger partial charge is 0.189 e. The van der Waals surface area contributed by atoms with E-state index in [-0.39, 0.29) is 11.5 Å². The van der Waals surface area contributed by atoms with Crippen molar-refractivity contribution in [2.75, 3.05) is 7.11 Å². The zero-order valence-electron chi connectivity index (χ0n) is 14.3. The lowest BCUT2D eigenvalue weighted by molar-refractivity contribution is 0.103. The summed E-state index contributed by atoms with van der Waals surface area (Å²) in [5, 5.41) is 0.812. The zero-order chi connectivity index (χ0) is 18.0. The summed E-state index contributed by atoms with van der Waals surface area (Å²) >= 11 is 0. The topological polar surface area (TPSA) is 39.2 Å². The van der Waals surface area contributed by atoms with E-state index in [4.69, 9.17) is 4.74 Å². The molecule has 0 aliphatic carbocycles. The number of methoxy groups -OCH3 is 1. The Balaban J connectivity index is 2.02. The third-order valence-corrected chi connectivity index (χ3v) is 4.01. The van der Waals surface area contributed by atoms with Crippen LogP contribution in [0.3, 0.4) is 0 Å². The summed E-state index contributed by atoms with van der Waals surface area (Å²) < 4.78 is 18.8. The lowest BCUT2D eigenvalue weighted by Crippen LogP contribution is -2.03. The maximum absolute atomic E-state index is 13.8. The van der Waals surface area contributed by atoms with Gasteiger partial charge in [-0.05, 0) is 55.3 Å². The van der Waals surface area contributed by atoms with Crippen LogP contribution in [0.5, 0.6) is 5.75 Å². The largest absolute Gasteiger partial charge is 0.494 e. The van der Waals surface area contributed by atoms with Gasteiger partial charge in [-0.1, -0.05) is 24.3 Å². The van der Waals surface area contributed by atoms with Crippen LogP contribution >= 0.6 is 0 Å². The van der Waals surface area contributed by atoms with Crippen LogP contribution < -0.4 is 4.74 Å². The summed E-state index contributed by atoms with van der Waals surface area (Å²) in [6, 6.07) is 14.0. The Morgan fingerprint density at radius 1 is 1.16 bits per heavy atom. The molecule has 3 aromatic rings. The van der Waals surface area contributed by atoms with E-state index >= 15 is 0 Å². The molecule has 0 amide bonds. The highest BCUT2D eigenvalue weighted by Crippen LogP contribution is 2.23. The van der Waals surface area contributed by atoms with E-state index in [0.29, 0.717) is 16.7 Å². The van der Waals surface area contributed by atoms with Gasteiger partial charge >= 0.3 is 0 Å². The number of Topliss-reactive ketones (excluding diaryl/α,β-unsaturated/α-hetero) is 1. The number of para-hydroxylation sites is 1. The number of allylic oxidation sites excluding steroid dienone is 1. The second-order valence-electron chi connectivity index (χ2n) is 5.88. The first-order chi connectivity index (χ1) is 12.0. The number of aryl methyl sites for hydroxylation is 1. The number of ketones is 1. The maximum atomic E-state index is 13.8. The molecule has 126 valence electrons. The summed E-state index contributed by atoms with van der Waals surface area (Å²) in [5.41, 5.74) is 3.31. The Kier molecular flexibility index (Phi) is 4.61. The number of rotatable bonds is 4. The first-order valence-electron chi connectivity index (χ1n) is 7.92. The molecule has 0 aliphatic rings. The van der Waals surface area contributed by atoms with E-state index in [1.165, 1.54) is 13.2 Å². The molecular formula is C21H18FNO2. The van der Waals surface area contributed by atoms with Gasteiger partial charge in [-0.3, -0.25) is 9.78 Å². The van der Waals surface area contributed by atoms with E-state index in [9.17, 15) is 9.18 Å². The molecular weight excluding hydrogens is 317 g/mol. The molecule has 3 rings (SSSR count). The van der Waals surface area contributed by atoms with E-state index in [1.54, 1.807) is 31.2 Å². The Hall–Kier alpha value is -3.01. The Morgan fingerprint density at radius 2 is 1.92 bits per heavy atom. The van der Waals surface area contributed by atoms with Crippen molar-refractivity contribution >= 4 is 22.8 Å². The van der Waals surface area contributed by atoms with Gasteiger partial charge in [0.25, 0.3) is 0 Å². The molecule has 0 aliphatic heterocycles. The van der Waals surface area contributed by atoms with Crippen LogP contribution in [-0.4, -0.2) is 17.9 Å². The fraction of sp³-hybridized carbons (Fsp3) is 0.143. The average Bonchev–Trinajstić information content (AvgIpc) is 2.60. The lowest BCUT2D eigenvalue weighted by atomic mass is 9.98. The van der Waals surface area contributed by atoms with Gasteiger partial charge < -0.3 is 4.74 Å². The number of carbonyl (C=O) groups is 1. The van der Waals surface area contributed by atoms with Crippen molar-refractivity contribution in [3.05, 3.63) is 76.7 Å². The predicted octanol–water partition coefficient (Wildman–Crippen LogP) is 4.98. The van der Waals surface area contributed by atoms with Gasteiger partial charge in [0.1, 0.15) is 0 Å². The van der Waals surface area contributed by atoms with Gasteiger partial charge in [-0.25, -0.2) is 4.39 Å². The summed E-state index contributed by atoms with van der Waals surface area (Å²) in [4.78, 5) is 17.4. The number of nitrogens with zero attached hydrogens (tertiary/aromatic N) is 1. The van der Waals surface area contributed by atoms with E-state index in [2.05, 4.69) is 4.98 Å². The van der Waals surface area contributed by atoms with Crippen molar-refractivity contribution in [2.24, 2.45) is 0 Å². The van der Waals surface area contributed by atoms with Crippen molar-refractivity contribution in [3.8, 4) is 5.75 Å². The minimum Gasteiger partial charge on any atom is -0.494 e. The highest BCUT2D eigenvalue weighted by Gasteiger charge is 2.14. The molecule has 1 heterocycles. The summed E-state index contributed by atoms with van der Waals surface area (Å²) in [6.45, 7) is 3.59. The maximum Gasteiger partial charge on any atom is 0.189 e. The van der Waals surface area contributed by atoms with Gasteiger partial charge in [-0.2, -0.15) is 0 Å². The average molecular weight is 335 g/mol. The van der Waals surface area contributed by atoms with Gasteiger partial charge in [0.15, 0.2) is 17.3 Å². The molecule has 4 heteroatoms. The SMILES string of the molecule is COc1ccc(/C=C(\C)C(=O)c2cc(C)nc3ccccc23)cc1F. The Morgan fingerprint density at radius 3 is 2.64 bits per heavy atom. The molecule has 0 saturated carbocycles. The molecule has 0 atom stereocenters. The number of pyridine rings is 1. The molecule has 25 heavy (non-hydrogen) atoms. The molecule has 0 bridgehead atoms. The minimum absolute atomic E-state index is 0.0991. The van der Waals surface area contributed by atoms with Crippen molar-refractivity contribution < 1.29 is 13.9 Å². The Labute approximate surface area is 145 Å². The molecule has 0 spiro atoms. The van der Waals surface area contributed by atoms with Gasteiger partial charge in [0.2, 0.25) is 0 Å². The number of aromatic nitrogens is 1. The quantitative estimate of drug-likeness (QED) is 0.499. The van der Waals surface area contributed by atoms with Gasteiger partial charge in [0.05, 0.1) is 12.6 Å². The standard InChI is InChI=1S/C21H18FNO2/c1-13(10-15-8-9-20(25-3)18(22)12-15)21(24)17-11-14(2)23-19-7-5-4-6-16(17)19/h4-12H,1-3H3/b13-10+. The van der Waals surface area contributed by atoms with Crippen LogP contribution in [0.25, 0.3) is 17.0 Å². The first-order valence-corrected chi connectivity index (χ1v) is 7.92. The van der Waals surface area contributed by atoms with Crippen LogP contribution in [0, 0.1) is 12.7 Å². The van der Waals surface area contributed by atoms with E-state index in [1.807, 2.05) is 31.2 Å². The van der Waals surface area contributed by atoms with E-state index in [0.717, 1.165) is 16.6 Å². The second kappa shape index (κ2) is 6.85. The van der Waals surface area contributed by atoms with Crippen LogP contribution in [0.15, 0.2) is 54.1 Å². The lowest BCUT2D eigenvalue weighted by Gasteiger charge is -2.08. The van der Waals surface area contributed by atoms with Crippen molar-refractivity contribution in [1.29, 1.82) is 0 Å². The van der Waals surface area contributed by atoms with Crippen molar-refractivity contribution in [2.45, 2.75) is 13.8 Å². The van der Waals surface area contributed by atoms with Gasteiger partial charge in [0, 0.05) is 16.6 Å². The number of fused-ring (bicyclic) bond motifs is 1. The molecule has 3 nitrogen and oxygen atoms in total. The summed E-state index contributed by atoms with van der Waals surface area (Å²) in [7, 11) is 1.42. The van der Waals surface area contributed by atoms with E-state index < -0.39 is 5.82 Å². The third kappa shape index (κ3) is 3.43. The molecule has 0 unspecified atom stereocenters. The zero-order valence-corrected chi connectivity index (χ0v) is 14.3. The van der Waals surface area contributed by atoms with Crippen LogP contribution in [0.1, 0.15) is 28.5 Å². The fourth-order valence-corrected chi connectivity index (χ4v) is 2.80. The number of halogens is 1. The first kappa shape index (κ1) is 16.8. The normalized spacial score (nSPS) is 11.6. The molecule has 0 radical (unpaired) electrons. The van der Waals surface area contributed by atoms with Crippen LogP contribution in [0.2, 0.25) is 0 Å². The fourth-order valence-electron chi connectivity index (χ4n) is 2.80. The van der Waals surface area contributed by atoms with Crippen LogP contribution in [-0.2, 0) is 0 Å². The highest BCUT2D eigenvalue weighted by molar-refractivity contribution is 6.17. The number of ether oxygens (including phenoxy) is 1. The minimum atomic E-state index is -0.457. The number of hydrogen-bond donors (Lipinski definition) is 0. The number of benzene rings is 2. The second-order valence-corrected chi connectivity index (χ2v) is 5.88. The monoisotopic (exact) mass is 335 g/mol. The molecule has 0 saturated heterocycles. The molecule has 0 fully saturated rings. The Bertz CT molecular complexity index is 992. The highest BCUT2D eigenvalue weighted by atomic mass is 19.1. The summed E-state index contributed by atoms with van der Waals surface area (Å²) in [5.74, 6) is -0.378. The molecule has 0 N–H and O–H groups in total. The number of carbonyl (C=O) groups excluding carboxylic acids is 1. The molecule has 2 aromatic carbocycles. The number of hydrogen-bond acceptors (Lipinski definition) is 3. The van der Waals surface area contributed by atoms with Crippen molar-refractivity contribution in [1.82, 2.24) is 4.98 Å². The predicted molar refractivity (Wildman–Crippen MR) is 97.4 cm³/mol. The van der Waals surface area contributed by atoms with Gasteiger partial charge in [-0.15, -0.1) is 0 Å².